The van der Waals surface area contributed by atoms with Crippen LogP contribution in [0.4, 0.5) is 0 Å². The molecule has 0 saturated heterocycles. The van der Waals surface area contributed by atoms with E-state index in [9.17, 15) is 8.42 Å². The molecule has 0 spiro atoms. The summed E-state index contributed by atoms with van der Waals surface area (Å²) >= 11 is 0. The summed E-state index contributed by atoms with van der Waals surface area (Å²) in [5, 5.41) is 5.61. The minimum Gasteiger partial charge on any atom is -0.305 e. The molecule has 0 fully saturated rings. The molecule has 1 aromatic carbocycles. The molecule has 0 amide bonds. The van der Waals surface area contributed by atoms with Crippen LogP contribution in [-0.2, 0) is 16.4 Å². The van der Waals surface area contributed by atoms with Gasteiger partial charge in [0.05, 0.1) is 11.3 Å². The second kappa shape index (κ2) is 4.75. The highest BCUT2D eigenvalue weighted by molar-refractivity contribution is 7.94. The van der Waals surface area contributed by atoms with Crippen LogP contribution in [0.5, 0.6) is 0 Å². The van der Waals surface area contributed by atoms with E-state index < -0.39 is 9.84 Å². The second-order valence-electron chi connectivity index (χ2n) is 4.68. The predicted molar refractivity (Wildman–Crippen MR) is 75.3 cm³/mol. The Bertz CT molecular complexity index is 738. The minimum atomic E-state index is -2.99. The molecule has 0 radical (unpaired) electrons. The SMILES string of the molecule is O=S1(=O)C=CC(NCc2ccc3ncccc3c2)C1. The summed E-state index contributed by atoms with van der Waals surface area (Å²) in [4.78, 5) is 4.27. The standard InChI is InChI=1S/C14H14N2O2S/c17-19(18)7-5-13(10-19)16-9-11-3-4-14-12(8-11)2-1-6-15-14/h1-8,13,16H,9-10H2. The molecule has 1 unspecified atom stereocenters. The average molecular weight is 274 g/mol. The van der Waals surface area contributed by atoms with Crippen molar-refractivity contribution in [2.75, 3.05) is 5.75 Å². The first-order valence-corrected chi connectivity index (χ1v) is 7.82. The number of benzene rings is 1. The zero-order chi connectivity index (χ0) is 13.3. The van der Waals surface area contributed by atoms with Crippen molar-refractivity contribution in [2.45, 2.75) is 12.6 Å². The summed E-state index contributed by atoms with van der Waals surface area (Å²) in [5.41, 5.74) is 2.09. The van der Waals surface area contributed by atoms with Crippen molar-refractivity contribution in [2.24, 2.45) is 0 Å². The number of sulfone groups is 1. The van der Waals surface area contributed by atoms with Gasteiger partial charge < -0.3 is 5.32 Å². The lowest BCUT2D eigenvalue weighted by Crippen LogP contribution is -2.29. The number of rotatable bonds is 3. The fourth-order valence-electron chi connectivity index (χ4n) is 2.19. The van der Waals surface area contributed by atoms with Crippen LogP contribution in [0.3, 0.4) is 0 Å². The van der Waals surface area contributed by atoms with Gasteiger partial charge in [0, 0.05) is 29.6 Å². The third-order valence-corrected chi connectivity index (χ3v) is 4.56. The van der Waals surface area contributed by atoms with Gasteiger partial charge in [0.2, 0.25) is 0 Å². The van der Waals surface area contributed by atoms with E-state index in [-0.39, 0.29) is 11.8 Å². The number of pyridine rings is 1. The van der Waals surface area contributed by atoms with Crippen molar-refractivity contribution >= 4 is 20.7 Å². The lowest BCUT2D eigenvalue weighted by molar-refractivity contribution is 0.590. The minimum absolute atomic E-state index is 0.0883. The number of hydrogen-bond donors (Lipinski definition) is 1. The molecule has 3 rings (SSSR count). The van der Waals surface area contributed by atoms with E-state index in [0.717, 1.165) is 16.5 Å². The summed E-state index contributed by atoms with van der Waals surface area (Å²) < 4.78 is 22.6. The lowest BCUT2D eigenvalue weighted by Gasteiger charge is -2.10. The van der Waals surface area contributed by atoms with Gasteiger partial charge in [0.25, 0.3) is 0 Å². The molecule has 1 atom stereocenters. The number of nitrogens with zero attached hydrogens (tertiary/aromatic N) is 1. The average Bonchev–Trinajstić information content (AvgIpc) is 2.76. The van der Waals surface area contributed by atoms with Gasteiger partial charge in [0.15, 0.2) is 9.84 Å². The third-order valence-electron chi connectivity index (χ3n) is 3.17. The Kier molecular flexibility index (Phi) is 3.08. The van der Waals surface area contributed by atoms with Crippen molar-refractivity contribution in [1.82, 2.24) is 10.3 Å². The molecule has 98 valence electrons. The number of fused-ring (bicyclic) bond motifs is 1. The van der Waals surface area contributed by atoms with E-state index in [1.807, 2.05) is 24.3 Å². The Morgan fingerprint density at radius 1 is 1.32 bits per heavy atom. The molecule has 1 aliphatic heterocycles. The van der Waals surface area contributed by atoms with Crippen LogP contribution in [0.1, 0.15) is 5.56 Å². The first-order valence-electron chi connectivity index (χ1n) is 6.10. The largest absolute Gasteiger partial charge is 0.305 e. The monoisotopic (exact) mass is 274 g/mol. The Morgan fingerprint density at radius 3 is 3.00 bits per heavy atom. The van der Waals surface area contributed by atoms with Crippen molar-refractivity contribution < 1.29 is 8.42 Å². The zero-order valence-corrected chi connectivity index (χ0v) is 11.1. The molecule has 5 heteroatoms. The number of nitrogens with one attached hydrogen (secondary N) is 1. The normalized spacial score (nSPS) is 20.9. The molecule has 2 heterocycles. The van der Waals surface area contributed by atoms with Gasteiger partial charge in [-0.1, -0.05) is 18.2 Å². The van der Waals surface area contributed by atoms with Crippen LogP contribution in [0.25, 0.3) is 10.9 Å². The van der Waals surface area contributed by atoms with E-state index in [4.69, 9.17) is 0 Å². The van der Waals surface area contributed by atoms with E-state index >= 15 is 0 Å². The molecule has 2 aromatic rings. The predicted octanol–water partition coefficient (Wildman–Crippen LogP) is 1.64. The first-order chi connectivity index (χ1) is 9.12. The third kappa shape index (κ3) is 2.83. The molecule has 0 bridgehead atoms. The highest BCUT2D eigenvalue weighted by Gasteiger charge is 2.20. The van der Waals surface area contributed by atoms with Crippen LogP contribution in [0, 0.1) is 0 Å². The molecule has 0 saturated carbocycles. The van der Waals surface area contributed by atoms with Gasteiger partial charge in [-0.25, -0.2) is 8.42 Å². The maximum absolute atomic E-state index is 11.3. The molecule has 4 nitrogen and oxygen atoms in total. The fourth-order valence-corrected chi connectivity index (χ4v) is 3.46. The summed E-state index contributed by atoms with van der Waals surface area (Å²) in [5.74, 6) is 0.155. The smallest absolute Gasteiger partial charge is 0.173 e. The highest BCUT2D eigenvalue weighted by atomic mass is 32.2. The van der Waals surface area contributed by atoms with E-state index in [1.54, 1.807) is 12.3 Å². The Morgan fingerprint density at radius 2 is 2.21 bits per heavy atom. The quantitative estimate of drug-likeness (QED) is 0.924. The topological polar surface area (TPSA) is 59.1 Å². The maximum Gasteiger partial charge on any atom is 0.173 e. The van der Waals surface area contributed by atoms with Crippen LogP contribution >= 0.6 is 0 Å². The Balaban J connectivity index is 1.71. The van der Waals surface area contributed by atoms with Crippen LogP contribution in [0.2, 0.25) is 0 Å². The molecular weight excluding hydrogens is 260 g/mol. The number of aromatic nitrogens is 1. The van der Waals surface area contributed by atoms with Crippen molar-refractivity contribution in [3.63, 3.8) is 0 Å². The van der Waals surface area contributed by atoms with Gasteiger partial charge in [-0.2, -0.15) is 0 Å². The molecule has 0 aliphatic carbocycles. The second-order valence-corrected chi connectivity index (χ2v) is 6.61. The molecule has 1 aromatic heterocycles. The Hall–Kier alpha value is -1.72. The Labute approximate surface area is 112 Å². The van der Waals surface area contributed by atoms with Crippen LogP contribution < -0.4 is 5.32 Å². The van der Waals surface area contributed by atoms with Crippen molar-refractivity contribution in [1.29, 1.82) is 0 Å². The lowest BCUT2D eigenvalue weighted by atomic mass is 10.1. The van der Waals surface area contributed by atoms with E-state index in [2.05, 4.69) is 16.4 Å². The summed E-state index contributed by atoms with van der Waals surface area (Å²) in [6.45, 7) is 0.648. The first kappa shape index (κ1) is 12.3. The summed E-state index contributed by atoms with van der Waals surface area (Å²) in [6.07, 6.45) is 3.48. The summed E-state index contributed by atoms with van der Waals surface area (Å²) in [7, 11) is -2.99. The van der Waals surface area contributed by atoms with Gasteiger partial charge >= 0.3 is 0 Å². The van der Waals surface area contributed by atoms with Gasteiger partial charge in [-0.3, -0.25) is 4.98 Å². The number of hydrogen-bond acceptors (Lipinski definition) is 4. The summed E-state index contributed by atoms with van der Waals surface area (Å²) in [6, 6.07) is 9.90. The van der Waals surface area contributed by atoms with E-state index in [0.29, 0.717) is 6.54 Å². The van der Waals surface area contributed by atoms with E-state index in [1.165, 1.54) is 5.41 Å². The van der Waals surface area contributed by atoms with Crippen molar-refractivity contribution in [3.8, 4) is 0 Å². The van der Waals surface area contributed by atoms with Gasteiger partial charge in [0.1, 0.15) is 0 Å². The van der Waals surface area contributed by atoms with Crippen LogP contribution in [-0.4, -0.2) is 25.2 Å². The fraction of sp³-hybridized carbons (Fsp3) is 0.214. The zero-order valence-electron chi connectivity index (χ0n) is 10.3. The highest BCUT2D eigenvalue weighted by Crippen LogP contribution is 2.14. The molecule has 1 aliphatic rings. The van der Waals surface area contributed by atoms with Gasteiger partial charge in [-0.15, -0.1) is 0 Å². The molecule has 1 N–H and O–H groups in total. The molecular formula is C14H14N2O2S. The van der Waals surface area contributed by atoms with Crippen LogP contribution in [0.15, 0.2) is 48.0 Å². The maximum atomic E-state index is 11.3. The molecule has 19 heavy (non-hydrogen) atoms. The van der Waals surface area contributed by atoms with Gasteiger partial charge in [-0.05, 0) is 23.8 Å². The van der Waals surface area contributed by atoms with Crippen molar-refractivity contribution in [3.05, 3.63) is 53.6 Å².